The molecule has 0 bridgehead atoms. The Labute approximate surface area is 107 Å². The number of rotatable bonds is 6. The third kappa shape index (κ3) is 3.03. The fraction of sp³-hybridized carbons (Fsp3) is 1.00. The Balaban J connectivity index is 1.96. The number of hydrogen-bond acceptors (Lipinski definition) is 2. The Kier molecular flexibility index (Phi) is 4.48. The molecule has 2 atom stereocenters. The van der Waals surface area contributed by atoms with E-state index in [1.54, 1.807) is 0 Å². The van der Waals surface area contributed by atoms with E-state index in [4.69, 9.17) is 0 Å². The van der Waals surface area contributed by atoms with Crippen LogP contribution in [0, 0.1) is 5.92 Å². The van der Waals surface area contributed by atoms with Gasteiger partial charge >= 0.3 is 0 Å². The van der Waals surface area contributed by atoms with Crippen LogP contribution >= 0.6 is 0 Å². The number of nitrogens with one attached hydrogen (secondary N) is 1. The van der Waals surface area contributed by atoms with Gasteiger partial charge in [-0.2, -0.15) is 0 Å². The van der Waals surface area contributed by atoms with Gasteiger partial charge in [-0.05, 0) is 45.1 Å². The Bertz CT molecular complexity index is 237. The molecule has 2 heteroatoms. The van der Waals surface area contributed by atoms with Crippen molar-refractivity contribution in [2.75, 3.05) is 19.6 Å². The number of hydrogen-bond donors (Lipinski definition) is 1. The van der Waals surface area contributed by atoms with Gasteiger partial charge in [0, 0.05) is 24.7 Å². The molecular formula is C15H30N2. The van der Waals surface area contributed by atoms with Gasteiger partial charge < -0.3 is 5.32 Å². The summed E-state index contributed by atoms with van der Waals surface area (Å²) in [5, 5.41) is 3.80. The van der Waals surface area contributed by atoms with E-state index in [1.807, 2.05) is 0 Å². The van der Waals surface area contributed by atoms with Crippen LogP contribution in [-0.4, -0.2) is 36.1 Å². The Hall–Kier alpha value is -0.0800. The minimum atomic E-state index is 0.458. The van der Waals surface area contributed by atoms with Crippen molar-refractivity contribution in [2.24, 2.45) is 5.92 Å². The quantitative estimate of drug-likeness (QED) is 0.765. The topological polar surface area (TPSA) is 15.3 Å². The van der Waals surface area contributed by atoms with Crippen LogP contribution in [0.3, 0.4) is 0 Å². The Morgan fingerprint density at radius 2 is 2.00 bits per heavy atom. The second-order valence-electron chi connectivity index (χ2n) is 6.30. The molecule has 2 aliphatic rings. The van der Waals surface area contributed by atoms with Gasteiger partial charge in [-0.15, -0.1) is 0 Å². The second-order valence-corrected chi connectivity index (χ2v) is 6.30. The van der Waals surface area contributed by atoms with Crippen LogP contribution in [0.2, 0.25) is 0 Å². The van der Waals surface area contributed by atoms with Crippen molar-refractivity contribution in [3.63, 3.8) is 0 Å². The number of unbranched alkanes of at least 4 members (excludes halogenated alkanes) is 1. The standard InChI is InChI=1S/C15H30N2/c1-4-6-10-17-11-14(7-5-2)16-12-15(17,3)13-8-9-13/h13-14,16H,4-12H2,1-3H3. The highest BCUT2D eigenvalue weighted by molar-refractivity contribution is 5.04. The molecular weight excluding hydrogens is 208 g/mol. The number of nitrogens with zero attached hydrogens (tertiary/aromatic N) is 1. The lowest BCUT2D eigenvalue weighted by atomic mass is 9.88. The van der Waals surface area contributed by atoms with E-state index in [2.05, 4.69) is 31.0 Å². The van der Waals surface area contributed by atoms with Crippen LogP contribution in [0.1, 0.15) is 59.3 Å². The Morgan fingerprint density at radius 3 is 2.59 bits per heavy atom. The van der Waals surface area contributed by atoms with Gasteiger partial charge in [0.25, 0.3) is 0 Å². The van der Waals surface area contributed by atoms with E-state index < -0.39 is 0 Å². The lowest BCUT2D eigenvalue weighted by molar-refractivity contribution is 0.0320. The molecule has 0 spiro atoms. The van der Waals surface area contributed by atoms with Gasteiger partial charge in [-0.25, -0.2) is 0 Å². The zero-order valence-corrected chi connectivity index (χ0v) is 12.0. The lowest BCUT2D eigenvalue weighted by Gasteiger charge is -2.49. The summed E-state index contributed by atoms with van der Waals surface area (Å²) in [6.45, 7) is 10.9. The molecule has 0 aromatic rings. The first-order chi connectivity index (χ1) is 8.20. The molecule has 0 aromatic carbocycles. The van der Waals surface area contributed by atoms with Crippen molar-refractivity contribution in [1.82, 2.24) is 10.2 Å². The third-order valence-electron chi connectivity index (χ3n) is 4.79. The van der Waals surface area contributed by atoms with Gasteiger partial charge in [0.1, 0.15) is 0 Å². The van der Waals surface area contributed by atoms with E-state index in [0.29, 0.717) is 5.54 Å². The molecule has 2 fully saturated rings. The van der Waals surface area contributed by atoms with Crippen molar-refractivity contribution in [3.8, 4) is 0 Å². The summed E-state index contributed by atoms with van der Waals surface area (Å²) in [7, 11) is 0. The largest absolute Gasteiger partial charge is 0.311 e. The lowest BCUT2D eigenvalue weighted by Crippen LogP contribution is -2.64. The summed E-state index contributed by atoms with van der Waals surface area (Å²) < 4.78 is 0. The summed E-state index contributed by atoms with van der Waals surface area (Å²) in [6.07, 6.45) is 8.24. The second kappa shape index (κ2) is 5.71. The molecule has 2 unspecified atom stereocenters. The molecule has 1 saturated carbocycles. The van der Waals surface area contributed by atoms with E-state index in [1.165, 1.54) is 58.2 Å². The van der Waals surface area contributed by atoms with Gasteiger partial charge in [0.05, 0.1) is 0 Å². The van der Waals surface area contributed by atoms with Crippen LogP contribution in [0.25, 0.3) is 0 Å². The van der Waals surface area contributed by atoms with Crippen LogP contribution in [0.15, 0.2) is 0 Å². The molecule has 100 valence electrons. The van der Waals surface area contributed by atoms with Gasteiger partial charge in [0.2, 0.25) is 0 Å². The van der Waals surface area contributed by atoms with Crippen LogP contribution < -0.4 is 5.32 Å². The van der Waals surface area contributed by atoms with Crippen LogP contribution in [0.5, 0.6) is 0 Å². The van der Waals surface area contributed by atoms with E-state index >= 15 is 0 Å². The summed E-state index contributed by atoms with van der Waals surface area (Å²) in [5.74, 6) is 0.967. The van der Waals surface area contributed by atoms with Crippen LogP contribution in [0.4, 0.5) is 0 Å². The van der Waals surface area contributed by atoms with Crippen molar-refractivity contribution >= 4 is 0 Å². The fourth-order valence-corrected chi connectivity index (χ4v) is 3.35. The summed E-state index contributed by atoms with van der Waals surface area (Å²) in [4.78, 5) is 2.81. The summed E-state index contributed by atoms with van der Waals surface area (Å²) >= 11 is 0. The molecule has 1 saturated heterocycles. The summed E-state index contributed by atoms with van der Waals surface area (Å²) in [5.41, 5.74) is 0.458. The molecule has 0 radical (unpaired) electrons. The summed E-state index contributed by atoms with van der Waals surface area (Å²) in [6, 6.07) is 0.740. The maximum atomic E-state index is 3.80. The monoisotopic (exact) mass is 238 g/mol. The van der Waals surface area contributed by atoms with Gasteiger partial charge in [0.15, 0.2) is 0 Å². The van der Waals surface area contributed by atoms with Crippen LogP contribution in [-0.2, 0) is 0 Å². The molecule has 2 rings (SSSR count). The molecule has 1 aliphatic heterocycles. The average Bonchev–Trinajstić information content (AvgIpc) is 3.14. The zero-order valence-electron chi connectivity index (χ0n) is 12.0. The zero-order chi connectivity index (χ0) is 12.3. The normalized spacial score (nSPS) is 35.1. The molecule has 1 aliphatic carbocycles. The smallest absolute Gasteiger partial charge is 0.0334 e. The Morgan fingerprint density at radius 1 is 1.24 bits per heavy atom. The number of piperazine rings is 1. The average molecular weight is 238 g/mol. The third-order valence-corrected chi connectivity index (χ3v) is 4.79. The molecule has 1 heterocycles. The predicted octanol–water partition coefficient (Wildman–Crippen LogP) is 3.03. The first-order valence-corrected chi connectivity index (χ1v) is 7.69. The predicted molar refractivity (Wildman–Crippen MR) is 74.3 cm³/mol. The van der Waals surface area contributed by atoms with E-state index in [9.17, 15) is 0 Å². The highest BCUT2D eigenvalue weighted by Crippen LogP contribution is 2.44. The maximum Gasteiger partial charge on any atom is 0.0334 e. The van der Waals surface area contributed by atoms with Gasteiger partial charge in [-0.3, -0.25) is 4.90 Å². The van der Waals surface area contributed by atoms with Gasteiger partial charge in [-0.1, -0.05) is 26.7 Å². The SMILES string of the molecule is CCCCN1CC(CCC)NCC1(C)C1CC1. The highest BCUT2D eigenvalue weighted by Gasteiger charge is 2.47. The molecule has 2 nitrogen and oxygen atoms in total. The minimum absolute atomic E-state index is 0.458. The van der Waals surface area contributed by atoms with E-state index in [-0.39, 0.29) is 0 Å². The van der Waals surface area contributed by atoms with Crippen molar-refractivity contribution in [3.05, 3.63) is 0 Å². The first-order valence-electron chi connectivity index (χ1n) is 7.69. The van der Waals surface area contributed by atoms with Crippen molar-refractivity contribution < 1.29 is 0 Å². The molecule has 1 N–H and O–H groups in total. The van der Waals surface area contributed by atoms with Crippen molar-refractivity contribution in [1.29, 1.82) is 0 Å². The maximum absolute atomic E-state index is 3.80. The van der Waals surface area contributed by atoms with E-state index in [0.717, 1.165) is 12.0 Å². The highest BCUT2D eigenvalue weighted by atomic mass is 15.3. The molecule has 0 aromatic heterocycles. The first kappa shape index (κ1) is 13.4. The minimum Gasteiger partial charge on any atom is -0.311 e. The fourth-order valence-electron chi connectivity index (χ4n) is 3.35. The molecule has 0 amide bonds. The van der Waals surface area contributed by atoms with Crippen molar-refractivity contribution in [2.45, 2.75) is 70.9 Å². The molecule has 17 heavy (non-hydrogen) atoms.